The molecular weight excluding hydrogens is 294 g/mol. The molecule has 7 heteroatoms. The summed E-state index contributed by atoms with van der Waals surface area (Å²) in [6.07, 6.45) is 2.81. The van der Waals surface area contributed by atoms with Crippen molar-refractivity contribution in [3.05, 3.63) is 27.2 Å². The molecule has 5 nitrogen and oxygen atoms in total. The average molecular weight is 307 g/mol. The Morgan fingerprint density at radius 2 is 2.20 bits per heavy atom. The van der Waals surface area contributed by atoms with Gasteiger partial charge in [0, 0.05) is 6.42 Å². The van der Waals surface area contributed by atoms with Gasteiger partial charge in [-0.1, -0.05) is 25.2 Å². The summed E-state index contributed by atoms with van der Waals surface area (Å²) in [4.78, 5) is 33.5. The lowest BCUT2D eigenvalue weighted by Gasteiger charge is -2.26. The van der Waals surface area contributed by atoms with E-state index in [4.69, 9.17) is 0 Å². The summed E-state index contributed by atoms with van der Waals surface area (Å²) in [5.41, 5.74) is 2.35. The molecule has 0 aliphatic heterocycles. The maximum Gasteiger partial charge on any atom is 0.269 e. The zero-order valence-corrected chi connectivity index (χ0v) is 12.7. The van der Waals surface area contributed by atoms with Crippen LogP contribution in [0.5, 0.6) is 0 Å². The topological polar surface area (TPSA) is 72.0 Å². The summed E-state index contributed by atoms with van der Waals surface area (Å²) < 4.78 is 0. The summed E-state index contributed by atoms with van der Waals surface area (Å²) in [6.45, 7) is 4.12. The Balaban J connectivity index is 1.84. The average Bonchev–Trinajstić information content (AvgIpc) is 2.95. The number of carbonyl (C=O) groups excluding carboxylic acids is 2. The van der Waals surface area contributed by atoms with Crippen LogP contribution in [0.15, 0.2) is 11.7 Å². The van der Waals surface area contributed by atoms with Crippen LogP contribution in [-0.4, -0.2) is 21.7 Å². The van der Waals surface area contributed by atoms with Gasteiger partial charge in [-0.2, -0.15) is 0 Å². The third kappa shape index (κ3) is 2.51. The Morgan fingerprint density at radius 1 is 1.40 bits per heavy atom. The zero-order chi connectivity index (χ0) is 14.3. The highest BCUT2D eigenvalue weighted by Gasteiger charge is 2.34. The van der Waals surface area contributed by atoms with E-state index in [9.17, 15) is 9.59 Å². The number of carbonyl (C=O) groups is 2. The van der Waals surface area contributed by atoms with Gasteiger partial charge in [0.15, 0.2) is 10.9 Å². The van der Waals surface area contributed by atoms with Crippen molar-refractivity contribution in [2.24, 2.45) is 5.41 Å². The second-order valence-corrected chi connectivity index (χ2v) is 7.44. The molecule has 2 aromatic rings. The van der Waals surface area contributed by atoms with Crippen LogP contribution >= 0.6 is 22.7 Å². The summed E-state index contributed by atoms with van der Waals surface area (Å²) in [5.74, 6) is -0.114. The van der Waals surface area contributed by atoms with Gasteiger partial charge >= 0.3 is 0 Å². The van der Waals surface area contributed by atoms with Gasteiger partial charge < -0.3 is 0 Å². The van der Waals surface area contributed by atoms with Gasteiger partial charge in [0.2, 0.25) is 0 Å². The Hall–Kier alpha value is -1.60. The number of Topliss-reactive ketones (excluding diaryl/α,β-unsaturated/α-hetero) is 1. The Labute approximate surface area is 124 Å². The van der Waals surface area contributed by atoms with E-state index in [1.165, 1.54) is 28.9 Å². The number of hydrogen-bond acceptors (Lipinski definition) is 6. The number of nitrogens with one attached hydrogen (secondary N) is 1. The van der Waals surface area contributed by atoms with Crippen LogP contribution in [0.1, 0.15) is 45.3 Å². The summed E-state index contributed by atoms with van der Waals surface area (Å²) >= 11 is 2.53. The van der Waals surface area contributed by atoms with Crippen molar-refractivity contribution in [1.82, 2.24) is 9.97 Å². The van der Waals surface area contributed by atoms with Crippen LogP contribution in [0.4, 0.5) is 5.13 Å². The number of anilines is 1. The first-order valence-electron chi connectivity index (χ1n) is 6.17. The molecule has 0 atom stereocenters. The van der Waals surface area contributed by atoms with Crippen LogP contribution in [0.2, 0.25) is 0 Å². The van der Waals surface area contributed by atoms with Crippen LogP contribution in [0.3, 0.4) is 0 Å². The van der Waals surface area contributed by atoms with Crippen LogP contribution < -0.4 is 5.32 Å². The third-order valence-electron chi connectivity index (χ3n) is 3.11. The number of fused-ring (bicyclic) bond motifs is 1. The zero-order valence-electron chi connectivity index (χ0n) is 11.1. The number of aromatic nitrogens is 2. The normalized spacial score (nSPS) is 16.8. The number of nitrogens with zero attached hydrogens (tertiary/aromatic N) is 2. The molecule has 0 radical (unpaired) electrons. The van der Waals surface area contributed by atoms with E-state index >= 15 is 0 Å². The molecule has 0 bridgehead atoms. The summed E-state index contributed by atoms with van der Waals surface area (Å²) in [7, 11) is 0. The van der Waals surface area contributed by atoms with E-state index in [-0.39, 0.29) is 17.1 Å². The highest BCUT2D eigenvalue weighted by atomic mass is 32.1. The second-order valence-electron chi connectivity index (χ2n) is 5.56. The molecule has 2 aromatic heterocycles. The fourth-order valence-electron chi connectivity index (χ4n) is 2.26. The van der Waals surface area contributed by atoms with Gasteiger partial charge in [0.1, 0.15) is 4.88 Å². The van der Waals surface area contributed by atoms with Crippen molar-refractivity contribution >= 4 is 39.5 Å². The van der Waals surface area contributed by atoms with E-state index in [2.05, 4.69) is 29.1 Å². The van der Waals surface area contributed by atoms with E-state index in [1.54, 1.807) is 5.51 Å². The van der Waals surface area contributed by atoms with Crippen molar-refractivity contribution < 1.29 is 9.59 Å². The van der Waals surface area contributed by atoms with Crippen LogP contribution in [0, 0.1) is 5.41 Å². The van der Waals surface area contributed by atoms with Gasteiger partial charge in [-0.15, -0.1) is 11.3 Å². The molecule has 0 aromatic carbocycles. The molecule has 0 fully saturated rings. The largest absolute Gasteiger partial charge is 0.297 e. The molecule has 1 N–H and O–H groups in total. The van der Waals surface area contributed by atoms with Crippen LogP contribution in [-0.2, 0) is 6.42 Å². The first-order chi connectivity index (χ1) is 9.44. The number of amides is 1. The highest BCUT2D eigenvalue weighted by molar-refractivity contribution is 7.18. The monoisotopic (exact) mass is 307 g/mol. The van der Waals surface area contributed by atoms with E-state index in [1.807, 2.05) is 0 Å². The molecule has 0 saturated carbocycles. The lowest BCUT2D eigenvalue weighted by molar-refractivity contribution is 0.0915. The molecule has 0 saturated heterocycles. The third-order valence-corrected chi connectivity index (χ3v) is 4.94. The van der Waals surface area contributed by atoms with Crippen molar-refractivity contribution in [2.45, 2.75) is 26.7 Å². The second kappa shape index (κ2) is 4.75. The van der Waals surface area contributed by atoms with Crippen LogP contribution in [0.25, 0.3) is 0 Å². The van der Waals surface area contributed by atoms with E-state index < -0.39 is 0 Å². The number of hydrogen-bond donors (Lipinski definition) is 1. The molecule has 2 heterocycles. The molecule has 3 rings (SSSR count). The van der Waals surface area contributed by atoms with Crippen molar-refractivity contribution in [3.63, 3.8) is 0 Å². The Morgan fingerprint density at radius 3 is 2.90 bits per heavy atom. The van der Waals surface area contributed by atoms with Crippen molar-refractivity contribution in [2.75, 3.05) is 5.32 Å². The first kappa shape index (κ1) is 13.4. The number of thiazole rings is 2. The van der Waals surface area contributed by atoms with Gasteiger partial charge in [-0.3, -0.25) is 19.9 Å². The molecule has 104 valence electrons. The van der Waals surface area contributed by atoms with Gasteiger partial charge in [-0.05, 0) is 11.8 Å². The fraction of sp³-hybridized carbons (Fsp3) is 0.385. The van der Waals surface area contributed by atoms with Crippen molar-refractivity contribution in [3.8, 4) is 0 Å². The minimum Gasteiger partial charge on any atom is -0.297 e. The van der Waals surface area contributed by atoms with E-state index in [0.717, 1.165) is 12.1 Å². The predicted molar refractivity (Wildman–Crippen MR) is 78.6 cm³/mol. The van der Waals surface area contributed by atoms with Gasteiger partial charge in [0.25, 0.3) is 5.91 Å². The highest BCUT2D eigenvalue weighted by Crippen LogP contribution is 2.38. The Bertz CT molecular complexity index is 674. The molecule has 0 spiro atoms. The summed E-state index contributed by atoms with van der Waals surface area (Å²) in [6, 6.07) is 0. The lowest BCUT2D eigenvalue weighted by Crippen LogP contribution is -2.26. The molecule has 20 heavy (non-hydrogen) atoms. The van der Waals surface area contributed by atoms with E-state index in [0.29, 0.717) is 21.3 Å². The molecular formula is C13H13N3O2S2. The van der Waals surface area contributed by atoms with Gasteiger partial charge in [0.05, 0.1) is 22.3 Å². The SMILES string of the molecule is CC1(C)CC(=O)c2sc(NC(=O)c3cncs3)nc2C1. The minimum atomic E-state index is -0.231. The molecule has 1 amide bonds. The number of rotatable bonds is 2. The minimum absolute atomic E-state index is 0.0584. The number of ketones is 1. The predicted octanol–water partition coefficient (Wildman–Crippen LogP) is 3.01. The molecule has 1 aliphatic rings. The van der Waals surface area contributed by atoms with Gasteiger partial charge in [-0.25, -0.2) is 4.98 Å². The quantitative estimate of drug-likeness (QED) is 0.925. The maximum atomic E-state index is 12.1. The maximum absolute atomic E-state index is 12.1. The Kier molecular flexibility index (Phi) is 3.18. The molecule has 0 unspecified atom stereocenters. The lowest BCUT2D eigenvalue weighted by atomic mass is 9.78. The first-order valence-corrected chi connectivity index (χ1v) is 7.87. The molecule has 1 aliphatic carbocycles. The standard InChI is InChI=1S/C13H13N3O2S2/c1-13(2)3-7-10(8(17)4-13)20-12(15-7)16-11(18)9-5-14-6-19-9/h5-6H,3-4H2,1-2H3,(H,15,16,18). The summed E-state index contributed by atoms with van der Waals surface area (Å²) in [5, 5.41) is 3.22. The smallest absolute Gasteiger partial charge is 0.269 e. The fourth-order valence-corrected chi connectivity index (χ4v) is 3.69. The van der Waals surface area contributed by atoms with Crippen molar-refractivity contribution in [1.29, 1.82) is 0 Å².